The number of thiazole rings is 1. The molecule has 0 spiro atoms. The number of nitrogens with one attached hydrogen (secondary N) is 1. The van der Waals surface area contributed by atoms with Crippen molar-refractivity contribution in [3.05, 3.63) is 59.6 Å². The molecule has 5 nitrogen and oxygen atoms in total. The first-order valence-corrected chi connectivity index (χ1v) is 7.95. The van der Waals surface area contributed by atoms with E-state index in [4.69, 9.17) is 4.74 Å². The minimum absolute atomic E-state index is 0.279. The Balaban J connectivity index is 1.69. The van der Waals surface area contributed by atoms with Crippen molar-refractivity contribution in [3.8, 4) is 11.3 Å². The van der Waals surface area contributed by atoms with Crippen LogP contribution in [0.5, 0.6) is 0 Å². The molecule has 0 unspecified atom stereocenters. The van der Waals surface area contributed by atoms with Crippen LogP contribution < -0.4 is 5.32 Å². The van der Waals surface area contributed by atoms with Gasteiger partial charge in [-0.1, -0.05) is 30.3 Å². The smallest absolute Gasteiger partial charge is 0.302 e. The van der Waals surface area contributed by atoms with Crippen LogP contribution in [-0.4, -0.2) is 15.9 Å². The van der Waals surface area contributed by atoms with Gasteiger partial charge in [-0.15, -0.1) is 11.3 Å². The Labute approximate surface area is 138 Å². The van der Waals surface area contributed by atoms with E-state index in [1.807, 2.05) is 47.8 Å². The average Bonchev–Trinajstić information content (AvgIpc) is 3.03. The molecule has 0 fully saturated rings. The van der Waals surface area contributed by atoms with Gasteiger partial charge >= 0.3 is 5.97 Å². The second-order valence-corrected chi connectivity index (χ2v) is 5.71. The molecule has 0 atom stereocenters. The summed E-state index contributed by atoms with van der Waals surface area (Å²) < 4.78 is 4.97. The van der Waals surface area contributed by atoms with Crippen LogP contribution >= 0.6 is 11.3 Å². The van der Waals surface area contributed by atoms with Crippen molar-refractivity contribution in [2.45, 2.75) is 13.5 Å². The summed E-state index contributed by atoms with van der Waals surface area (Å²) in [7, 11) is 0. The molecule has 0 aliphatic rings. The Morgan fingerprint density at radius 3 is 2.74 bits per heavy atom. The van der Waals surface area contributed by atoms with E-state index in [9.17, 15) is 4.79 Å². The van der Waals surface area contributed by atoms with E-state index in [1.165, 1.54) is 18.3 Å². The maximum atomic E-state index is 10.8. The number of pyridine rings is 1. The predicted octanol–water partition coefficient (Wildman–Crippen LogP) is 4.01. The lowest BCUT2D eigenvalue weighted by Gasteiger charge is -2.03. The van der Waals surface area contributed by atoms with Crippen molar-refractivity contribution in [1.82, 2.24) is 9.97 Å². The van der Waals surface area contributed by atoms with E-state index in [2.05, 4.69) is 15.3 Å². The van der Waals surface area contributed by atoms with E-state index < -0.39 is 0 Å². The topological polar surface area (TPSA) is 64.1 Å². The molecule has 0 amide bonds. The fraction of sp³-hybridized carbons (Fsp3) is 0.118. The summed E-state index contributed by atoms with van der Waals surface area (Å²) in [6.45, 7) is 1.69. The van der Waals surface area contributed by atoms with Crippen LogP contribution in [0.25, 0.3) is 11.3 Å². The minimum Gasteiger partial charge on any atom is -0.461 e. The van der Waals surface area contributed by atoms with Crippen LogP contribution in [0.3, 0.4) is 0 Å². The molecule has 3 rings (SSSR count). The highest BCUT2D eigenvalue weighted by Crippen LogP contribution is 2.26. The Morgan fingerprint density at radius 1 is 1.22 bits per heavy atom. The Kier molecular flexibility index (Phi) is 4.63. The van der Waals surface area contributed by atoms with Crippen molar-refractivity contribution >= 4 is 28.3 Å². The van der Waals surface area contributed by atoms with Gasteiger partial charge in [0.15, 0.2) is 5.13 Å². The molecule has 0 bridgehead atoms. The number of anilines is 2. The number of benzene rings is 1. The Morgan fingerprint density at radius 2 is 2.04 bits per heavy atom. The quantitative estimate of drug-likeness (QED) is 0.718. The van der Waals surface area contributed by atoms with Crippen LogP contribution in [0.4, 0.5) is 10.9 Å². The van der Waals surface area contributed by atoms with Crippen molar-refractivity contribution in [1.29, 1.82) is 0 Å². The van der Waals surface area contributed by atoms with Gasteiger partial charge in [0.25, 0.3) is 0 Å². The molecule has 0 aliphatic heterocycles. The molecule has 0 radical (unpaired) electrons. The molecule has 0 saturated heterocycles. The SMILES string of the molecule is CC(=O)OCc1ccc(-c2csc(Nc3ccccn3)n2)cc1. The maximum Gasteiger partial charge on any atom is 0.302 e. The number of rotatable bonds is 5. The molecule has 1 aromatic carbocycles. The van der Waals surface area contributed by atoms with Crippen molar-refractivity contribution < 1.29 is 9.53 Å². The number of ether oxygens (including phenoxy) is 1. The van der Waals surface area contributed by atoms with Gasteiger partial charge in [0.1, 0.15) is 12.4 Å². The molecule has 2 aromatic heterocycles. The first-order valence-electron chi connectivity index (χ1n) is 7.07. The van der Waals surface area contributed by atoms with E-state index >= 15 is 0 Å². The third-order valence-electron chi connectivity index (χ3n) is 3.10. The summed E-state index contributed by atoms with van der Waals surface area (Å²) in [6, 6.07) is 13.5. The summed E-state index contributed by atoms with van der Waals surface area (Å²) in [5.74, 6) is 0.490. The zero-order valence-electron chi connectivity index (χ0n) is 12.5. The predicted molar refractivity (Wildman–Crippen MR) is 90.5 cm³/mol. The van der Waals surface area contributed by atoms with Gasteiger partial charge in [0.05, 0.1) is 5.69 Å². The Hall–Kier alpha value is -2.73. The van der Waals surface area contributed by atoms with Gasteiger partial charge in [0, 0.05) is 24.1 Å². The minimum atomic E-state index is -0.279. The third-order valence-corrected chi connectivity index (χ3v) is 3.85. The lowest BCUT2D eigenvalue weighted by molar-refractivity contribution is -0.142. The summed E-state index contributed by atoms with van der Waals surface area (Å²) in [4.78, 5) is 19.6. The summed E-state index contributed by atoms with van der Waals surface area (Å²) in [5, 5.41) is 5.96. The normalized spacial score (nSPS) is 10.3. The second kappa shape index (κ2) is 7.02. The fourth-order valence-corrected chi connectivity index (χ4v) is 2.69. The number of carbonyl (C=O) groups is 1. The van der Waals surface area contributed by atoms with Gasteiger partial charge < -0.3 is 10.1 Å². The van der Waals surface area contributed by atoms with Gasteiger partial charge in [-0.3, -0.25) is 4.79 Å². The largest absolute Gasteiger partial charge is 0.461 e. The van der Waals surface area contributed by atoms with Crippen molar-refractivity contribution in [2.75, 3.05) is 5.32 Å². The number of hydrogen-bond acceptors (Lipinski definition) is 6. The van der Waals surface area contributed by atoms with E-state index in [-0.39, 0.29) is 5.97 Å². The van der Waals surface area contributed by atoms with E-state index in [1.54, 1.807) is 6.20 Å². The van der Waals surface area contributed by atoms with Gasteiger partial charge in [0.2, 0.25) is 0 Å². The lowest BCUT2D eigenvalue weighted by atomic mass is 10.1. The highest BCUT2D eigenvalue weighted by molar-refractivity contribution is 7.14. The standard InChI is InChI=1S/C17H15N3O2S/c1-12(21)22-10-13-5-7-14(8-6-13)15-11-23-17(19-15)20-16-4-2-3-9-18-16/h2-9,11H,10H2,1H3,(H,18,19,20). The van der Waals surface area contributed by atoms with Gasteiger partial charge in [-0.25, -0.2) is 9.97 Å². The molecular formula is C17H15N3O2S. The number of nitrogens with zero attached hydrogens (tertiary/aromatic N) is 2. The first-order chi connectivity index (χ1) is 11.2. The van der Waals surface area contributed by atoms with Gasteiger partial charge in [-0.05, 0) is 17.7 Å². The number of hydrogen-bond donors (Lipinski definition) is 1. The first kappa shape index (κ1) is 15.2. The third kappa shape index (κ3) is 4.14. The Bertz CT molecular complexity index is 785. The van der Waals surface area contributed by atoms with Crippen LogP contribution in [0.15, 0.2) is 54.0 Å². The zero-order chi connectivity index (χ0) is 16.1. The summed E-state index contributed by atoms with van der Waals surface area (Å²) in [5.41, 5.74) is 2.86. The zero-order valence-corrected chi connectivity index (χ0v) is 13.3. The van der Waals surface area contributed by atoms with Crippen LogP contribution in [0.2, 0.25) is 0 Å². The number of esters is 1. The summed E-state index contributed by atoms with van der Waals surface area (Å²) >= 11 is 1.53. The number of aromatic nitrogens is 2. The van der Waals surface area contributed by atoms with Crippen LogP contribution in [0, 0.1) is 0 Å². The monoisotopic (exact) mass is 325 g/mol. The molecule has 116 valence electrons. The van der Waals surface area contributed by atoms with Crippen LogP contribution in [-0.2, 0) is 16.1 Å². The van der Waals surface area contributed by atoms with Gasteiger partial charge in [-0.2, -0.15) is 0 Å². The fourth-order valence-electron chi connectivity index (χ4n) is 1.97. The van der Waals surface area contributed by atoms with Crippen LogP contribution in [0.1, 0.15) is 12.5 Å². The highest BCUT2D eigenvalue weighted by Gasteiger charge is 2.06. The van der Waals surface area contributed by atoms with Crippen molar-refractivity contribution in [2.24, 2.45) is 0 Å². The number of carbonyl (C=O) groups excluding carboxylic acids is 1. The molecule has 2 heterocycles. The molecule has 23 heavy (non-hydrogen) atoms. The van der Waals surface area contributed by atoms with E-state index in [0.717, 1.165) is 27.8 Å². The molecule has 0 aliphatic carbocycles. The maximum absolute atomic E-state index is 10.8. The molecule has 1 N–H and O–H groups in total. The summed E-state index contributed by atoms with van der Waals surface area (Å²) in [6.07, 6.45) is 1.73. The molecule has 0 saturated carbocycles. The average molecular weight is 325 g/mol. The molecule has 3 aromatic rings. The lowest BCUT2D eigenvalue weighted by Crippen LogP contribution is -1.98. The molecule has 6 heteroatoms. The second-order valence-electron chi connectivity index (χ2n) is 4.86. The molecular weight excluding hydrogens is 310 g/mol. The van der Waals surface area contributed by atoms with Crippen molar-refractivity contribution in [3.63, 3.8) is 0 Å². The van der Waals surface area contributed by atoms with E-state index in [0.29, 0.717) is 6.61 Å². The highest BCUT2D eigenvalue weighted by atomic mass is 32.1.